The van der Waals surface area contributed by atoms with Crippen LogP contribution >= 0.6 is 11.8 Å². The maximum Gasteiger partial charge on any atom is 0.253 e. The van der Waals surface area contributed by atoms with Gasteiger partial charge in [0.15, 0.2) is 0 Å². The molecule has 140 valence electrons. The van der Waals surface area contributed by atoms with Crippen LogP contribution in [0.1, 0.15) is 25.3 Å². The number of fused-ring (bicyclic) bond motifs is 1. The lowest BCUT2D eigenvalue weighted by Gasteiger charge is -2.33. The summed E-state index contributed by atoms with van der Waals surface area (Å²) >= 11 is 1.40. The summed E-state index contributed by atoms with van der Waals surface area (Å²) in [4.78, 5) is 23.3. The third-order valence-electron chi connectivity index (χ3n) is 5.02. The van der Waals surface area contributed by atoms with Crippen LogP contribution in [0.3, 0.4) is 0 Å². The number of hydrogen-bond donors (Lipinski definition) is 0. The van der Waals surface area contributed by atoms with Crippen molar-refractivity contribution in [2.24, 2.45) is 5.92 Å². The number of rotatable bonds is 5. The Bertz CT molecular complexity index is 872. The summed E-state index contributed by atoms with van der Waals surface area (Å²) in [6, 6.07) is 12.4. The van der Waals surface area contributed by atoms with Gasteiger partial charge < -0.3 is 4.90 Å². The molecule has 1 fully saturated rings. The molecule has 1 atom stereocenters. The van der Waals surface area contributed by atoms with Gasteiger partial charge in [-0.25, -0.2) is 9.50 Å². The molecule has 0 N–H and O–H groups in total. The van der Waals surface area contributed by atoms with E-state index in [1.807, 2.05) is 24.1 Å². The quantitative estimate of drug-likeness (QED) is 0.636. The van der Waals surface area contributed by atoms with Crippen LogP contribution in [0, 0.1) is 5.92 Å². The maximum atomic E-state index is 12.8. The third-order valence-corrected chi connectivity index (χ3v) is 5.96. The van der Waals surface area contributed by atoms with Crippen molar-refractivity contribution < 1.29 is 4.79 Å². The molecule has 6 nitrogen and oxygen atoms in total. The van der Waals surface area contributed by atoms with E-state index in [9.17, 15) is 4.79 Å². The highest BCUT2D eigenvalue weighted by molar-refractivity contribution is 8.00. The fourth-order valence-electron chi connectivity index (χ4n) is 3.53. The highest BCUT2D eigenvalue weighted by Crippen LogP contribution is 2.26. The second-order valence-electron chi connectivity index (χ2n) is 6.98. The average Bonchev–Trinajstić information content (AvgIpc) is 3.11. The normalized spacial score (nSPS) is 16.6. The molecule has 0 bridgehead atoms. The molecule has 3 heterocycles. The summed E-state index contributed by atoms with van der Waals surface area (Å²) in [5, 5.41) is 4.76. The van der Waals surface area contributed by atoms with E-state index in [0.717, 1.165) is 32.4 Å². The summed E-state index contributed by atoms with van der Waals surface area (Å²) in [5.41, 5.74) is 1.39. The van der Waals surface area contributed by atoms with E-state index in [1.54, 1.807) is 10.7 Å². The summed E-state index contributed by atoms with van der Waals surface area (Å²) in [6.07, 6.45) is 6.73. The fourth-order valence-corrected chi connectivity index (χ4v) is 4.37. The van der Waals surface area contributed by atoms with Crippen LogP contribution < -0.4 is 0 Å². The van der Waals surface area contributed by atoms with Gasteiger partial charge in [0.1, 0.15) is 0 Å². The molecular formula is C20H23N5OS. The predicted molar refractivity (Wildman–Crippen MR) is 106 cm³/mol. The number of hydrogen-bond acceptors (Lipinski definition) is 5. The number of benzene rings is 1. The molecule has 0 aliphatic carbocycles. The number of aromatic nitrogens is 4. The van der Waals surface area contributed by atoms with Gasteiger partial charge in [-0.15, -0.1) is 5.10 Å². The number of carbonyl (C=O) groups excluding carboxylic acids is 1. The van der Waals surface area contributed by atoms with Gasteiger partial charge in [0.25, 0.3) is 5.78 Å². The summed E-state index contributed by atoms with van der Waals surface area (Å²) in [5.74, 6) is 1.39. The molecule has 4 rings (SSSR count). The van der Waals surface area contributed by atoms with E-state index in [-0.39, 0.29) is 11.2 Å². The van der Waals surface area contributed by atoms with E-state index in [1.165, 1.54) is 17.3 Å². The first-order chi connectivity index (χ1) is 13.2. The van der Waals surface area contributed by atoms with Crippen molar-refractivity contribution in [3.05, 3.63) is 54.4 Å². The Kier molecular flexibility index (Phi) is 5.38. The first-order valence-corrected chi connectivity index (χ1v) is 10.2. The first-order valence-electron chi connectivity index (χ1n) is 9.36. The van der Waals surface area contributed by atoms with Gasteiger partial charge in [-0.3, -0.25) is 4.79 Å². The number of piperidine rings is 1. The Hall–Kier alpha value is -2.41. The van der Waals surface area contributed by atoms with Crippen LogP contribution in [0.2, 0.25) is 0 Å². The second kappa shape index (κ2) is 8.08. The van der Waals surface area contributed by atoms with Gasteiger partial charge in [0.05, 0.1) is 5.25 Å². The molecule has 1 aliphatic heterocycles. The van der Waals surface area contributed by atoms with Crippen molar-refractivity contribution in [2.45, 2.75) is 36.6 Å². The predicted octanol–water partition coefficient (Wildman–Crippen LogP) is 3.09. The molecule has 0 saturated carbocycles. The molecule has 1 saturated heterocycles. The number of thioether (sulfide) groups is 1. The minimum absolute atomic E-state index is 0.171. The fraction of sp³-hybridized carbons (Fsp3) is 0.400. The Morgan fingerprint density at radius 1 is 1.22 bits per heavy atom. The zero-order chi connectivity index (χ0) is 18.6. The van der Waals surface area contributed by atoms with Crippen molar-refractivity contribution >= 4 is 23.4 Å². The molecular weight excluding hydrogens is 358 g/mol. The van der Waals surface area contributed by atoms with E-state index in [0.29, 0.717) is 16.9 Å². The lowest BCUT2D eigenvalue weighted by molar-refractivity contribution is -0.131. The van der Waals surface area contributed by atoms with Crippen molar-refractivity contribution in [3.63, 3.8) is 0 Å². The van der Waals surface area contributed by atoms with Gasteiger partial charge in [-0.05, 0) is 43.7 Å². The van der Waals surface area contributed by atoms with Crippen LogP contribution in [0.4, 0.5) is 0 Å². The van der Waals surface area contributed by atoms with E-state index < -0.39 is 0 Å². The highest BCUT2D eigenvalue weighted by atomic mass is 32.2. The molecule has 1 aromatic carbocycles. The Balaban J connectivity index is 1.30. The molecule has 27 heavy (non-hydrogen) atoms. The number of carbonyl (C=O) groups is 1. The average molecular weight is 382 g/mol. The van der Waals surface area contributed by atoms with E-state index in [4.69, 9.17) is 0 Å². The Morgan fingerprint density at radius 3 is 2.74 bits per heavy atom. The largest absolute Gasteiger partial charge is 0.342 e. The minimum Gasteiger partial charge on any atom is -0.342 e. The SMILES string of the molecule is CC(Sc1nc2ncccn2n1)C(=O)N1CCC(Cc2ccccc2)CC1. The van der Waals surface area contributed by atoms with Crippen molar-refractivity contribution in [3.8, 4) is 0 Å². The Morgan fingerprint density at radius 2 is 2.00 bits per heavy atom. The smallest absolute Gasteiger partial charge is 0.253 e. The van der Waals surface area contributed by atoms with Gasteiger partial charge >= 0.3 is 0 Å². The topological polar surface area (TPSA) is 63.4 Å². The zero-order valence-electron chi connectivity index (χ0n) is 15.4. The lowest BCUT2D eigenvalue weighted by atomic mass is 9.90. The summed E-state index contributed by atoms with van der Waals surface area (Å²) < 4.78 is 1.63. The molecule has 0 spiro atoms. The van der Waals surface area contributed by atoms with E-state index in [2.05, 4.69) is 45.4 Å². The lowest BCUT2D eigenvalue weighted by Crippen LogP contribution is -2.42. The van der Waals surface area contributed by atoms with Crippen LogP contribution in [-0.2, 0) is 11.2 Å². The van der Waals surface area contributed by atoms with Crippen LogP contribution in [-0.4, -0.2) is 48.7 Å². The second-order valence-corrected chi connectivity index (χ2v) is 8.29. The number of likely N-dealkylation sites (tertiary alicyclic amines) is 1. The van der Waals surface area contributed by atoms with Crippen LogP contribution in [0.25, 0.3) is 5.78 Å². The van der Waals surface area contributed by atoms with Crippen molar-refractivity contribution in [1.82, 2.24) is 24.5 Å². The number of nitrogens with zero attached hydrogens (tertiary/aromatic N) is 5. The molecule has 1 aliphatic rings. The number of amides is 1. The van der Waals surface area contributed by atoms with Crippen molar-refractivity contribution in [2.75, 3.05) is 13.1 Å². The van der Waals surface area contributed by atoms with Crippen molar-refractivity contribution in [1.29, 1.82) is 0 Å². The molecule has 2 aromatic heterocycles. The summed E-state index contributed by atoms with van der Waals surface area (Å²) in [6.45, 7) is 3.60. The maximum absolute atomic E-state index is 12.8. The van der Waals surface area contributed by atoms with Gasteiger partial charge in [-0.1, -0.05) is 42.1 Å². The van der Waals surface area contributed by atoms with Gasteiger partial charge in [-0.2, -0.15) is 4.98 Å². The molecule has 3 aromatic rings. The Labute approximate surface area is 163 Å². The van der Waals surface area contributed by atoms with E-state index >= 15 is 0 Å². The molecule has 7 heteroatoms. The van der Waals surface area contributed by atoms with Crippen LogP contribution in [0.15, 0.2) is 53.9 Å². The van der Waals surface area contributed by atoms with Crippen LogP contribution in [0.5, 0.6) is 0 Å². The van der Waals surface area contributed by atoms with Gasteiger partial charge in [0.2, 0.25) is 11.1 Å². The molecule has 1 unspecified atom stereocenters. The monoisotopic (exact) mass is 381 g/mol. The van der Waals surface area contributed by atoms with Gasteiger partial charge in [0, 0.05) is 25.5 Å². The molecule has 1 amide bonds. The first kappa shape index (κ1) is 18.0. The zero-order valence-corrected chi connectivity index (χ0v) is 16.2. The summed E-state index contributed by atoms with van der Waals surface area (Å²) in [7, 11) is 0. The minimum atomic E-state index is -0.201. The highest BCUT2D eigenvalue weighted by Gasteiger charge is 2.27. The standard InChI is InChI=1S/C20H23N5OS/c1-15(27-20-22-19-21-10-5-11-25(19)23-20)18(26)24-12-8-17(9-13-24)14-16-6-3-2-4-7-16/h2-7,10-11,15,17H,8-9,12-14H2,1H3. The molecule has 0 radical (unpaired) electrons. The third kappa shape index (κ3) is 4.30.